The van der Waals surface area contributed by atoms with Gasteiger partial charge in [-0.3, -0.25) is 0 Å². The van der Waals surface area contributed by atoms with Gasteiger partial charge in [-0.1, -0.05) is 18.2 Å². The zero-order chi connectivity index (χ0) is 21.2. The van der Waals surface area contributed by atoms with Crippen molar-refractivity contribution in [3.63, 3.8) is 0 Å². The molecular weight excluding hydrogens is 389 g/mol. The number of para-hydroxylation sites is 1. The highest BCUT2D eigenvalue weighted by molar-refractivity contribution is 7.80. The highest BCUT2D eigenvalue weighted by Crippen LogP contribution is 2.28. The molecule has 0 unspecified atom stereocenters. The number of benzene rings is 2. The fourth-order valence-electron chi connectivity index (χ4n) is 2.89. The first-order valence-corrected chi connectivity index (χ1v) is 10.1. The second-order valence-corrected chi connectivity index (χ2v) is 7.29. The number of ether oxygens (including phenoxy) is 2. The SMILES string of the molecule is CCOc1ccc(CN(CCCN(C)C)C(=S)Nc2ccccc2F)cc1OC. The van der Waals surface area contributed by atoms with Crippen LogP contribution in [0, 0.1) is 5.82 Å². The summed E-state index contributed by atoms with van der Waals surface area (Å²) in [7, 11) is 5.70. The summed E-state index contributed by atoms with van der Waals surface area (Å²) < 4.78 is 25.1. The molecule has 158 valence electrons. The van der Waals surface area contributed by atoms with Crippen molar-refractivity contribution in [2.75, 3.05) is 46.2 Å². The quantitative estimate of drug-likeness (QED) is 0.576. The molecule has 0 spiro atoms. The summed E-state index contributed by atoms with van der Waals surface area (Å²) in [5.74, 6) is 1.07. The van der Waals surface area contributed by atoms with E-state index in [2.05, 4.69) is 10.2 Å². The largest absolute Gasteiger partial charge is 0.493 e. The van der Waals surface area contributed by atoms with Crippen molar-refractivity contribution in [1.29, 1.82) is 0 Å². The van der Waals surface area contributed by atoms with E-state index < -0.39 is 0 Å². The maximum atomic E-state index is 14.0. The number of hydrogen-bond donors (Lipinski definition) is 1. The molecule has 2 aromatic rings. The molecule has 0 aliphatic carbocycles. The van der Waals surface area contributed by atoms with Crippen molar-refractivity contribution < 1.29 is 13.9 Å². The van der Waals surface area contributed by atoms with Gasteiger partial charge in [0.05, 0.1) is 19.4 Å². The van der Waals surface area contributed by atoms with Crippen molar-refractivity contribution in [2.45, 2.75) is 19.9 Å². The molecule has 0 saturated carbocycles. The molecule has 0 aliphatic rings. The van der Waals surface area contributed by atoms with Crippen molar-refractivity contribution in [3.05, 3.63) is 53.8 Å². The third-order valence-corrected chi connectivity index (χ3v) is 4.70. The zero-order valence-electron chi connectivity index (χ0n) is 17.6. The molecule has 0 bridgehead atoms. The van der Waals surface area contributed by atoms with Crippen LogP contribution < -0.4 is 14.8 Å². The summed E-state index contributed by atoms with van der Waals surface area (Å²) in [4.78, 5) is 4.17. The van der Waals surface area contributed by atoms with Crippen molar-refractivity contribution in [2.24, 2.45) is 0 Å². The average molecular weight is 420 g/mol. The Labute approximate surface area is 178 Å². The lowest BCUT2D eigenvalue weighted by Crippen LogP contribution is -2.36. The molecule has 0 saturated heterocycles. The lowest BCUT2D eigenvalue weighted by atomic mass is 10.2. The third kappa shape index (κ3) is 7.18. The van der Waals surface area contributed by atoms with Crippen molar-refractivity contribution in [3.8, 4) is 11.5 Å². The Morgan fingerprint density at radius 3 is 2.52 bits per heavy atom. The summed E-state index contributed by atoms with van der Waals surface area (Å²) >= 11 is 5.60. The van der Waals surface area contributed by atoms with Crippen LogP contribution in [0.2, 0.25) is 0 Å². The van der Waals surface area contributed by atoms with Gasteiger partial charge in [-0.2, -0.15) is 0 Å². The molecule has 7 heteroatoms. The Morgan fingerprint density at radius 1 is 1.10 bits per heavy atom. The normalized spacial score (nSPS) is 10.7. The van der Waals surface area contributed by atoms with Crippen LogP contribution in [0.3, 0.4) is 0 Å². The maximum absolute atomic E-state index is 14.0. The monoisotopic (exact) mass is 419 g/mol. The number of nitrogens with one attached hydrogen (secondary N) is 1. The molecule has 0 aliphatic heterocycles. The van der Waals surface area contributed by atoms with Crippen LogP contribution in [-0.4, -0.2) is 55.8 Å². The van der Waals surface area contributed by atoms with E-state index in [1.807, 2.05) is 44.1 Å². The molecule has 29 heavy (non-hydrogen) atoms. The van der Waals surface area contributed by atoms with Crippen LogP contribution in [-0.2, 0) is 6.54 Å². The van der Waals surface area contributed by atoms with Crippen LogP contribution in [0.1, 0.15) is 18.9 Å². The number of rotatable bonds is 10. The molecule has 2 aromatic carbocycles. The van der Waals surface area contributed by atoms with Gasteiger partial charge in [0.15, 0.2) is 16.6 Å². The molecule has 1 N–H and O–H groups in total. The fourth-order valence-corrected chi connectivity index (χ4v) is 3.16. The lowest BCUT2D eigenvalue weighted by molar-refractivity contribution is 0.309. The molecule has 0 heterocycles. The lowest BCUT2D eigenvalue weighted by Gasteiger charge is -2.27. The van der Waals surface area contributed by atoms with Crippen LogP contribution >= 0.6 is 12.2 Å². The smallest absolute Gasteiger partial charge is 0.173 e. The summed E-state index contributed by atoms with van der Waals surface area (Å²) in [5, 5.41) is 3.53. The second-order valence-electron chi connectivity index (χ2n) is 6.91. The summed E-state index contributed by atoms with van der Waals surface area (Å²) in [6.07, 6.45) is 0.931. The molecule has 2 rings (SSSR count). The molecule has 5 nitrogen and oxygen atoms in total. The molecule has 0 fully saturated rings. The van der Waals surface area contributed by atoms with E-state index in [9.17, 15) is 4.39 Å². The maximum Gasteiger partial charge on any atom is 0.173 e. The highest BCUT2D eigenvalue weighted by atomic mass is 32.1. The van der Waals surface area contributed by atoms with E-state index in [4.69, 9.17) is 21.7 Å². The molecular formula is C22H30FN3O2S. The number of methoxy groups -OCH3 is 1. The second kappa shape index (κ2) is 11.6. The van der Waals surface area contributed by atoms with Crippen LogP contribution in [0.5, 0.6) is 11.5 Å². The summed E-state index contributed by atoms with van der Waals surface area (Å²) in [5.41, 5.74) is 1.41. The molecule has 0 atom stereocenters. The van der Waals surface area contributed by atoms with Crippen molar-refractivity contribution >= 4 is 23.0 Å². The first-order chi connectivity index (χ1) is 13.9. The number of hydrogen-bond acceptors (Lipinski definition) is 4. The summed E-state index contributed by atoms with van der Waals surface area (Å²) in [6.45, 7) is 4.77. The number of anilines is 1. The van der Waals surface area contributed by atoms with Crippen LogP contribution in [0.25, 0.3) is 0 Å². The first-order valence-electron chi connectivity index (χ1n) is 9.69. The predicted molar refractivity (Wildman–Crippen MR) is 120 cm³/mol. The minimum absolute atomic E-state index is 0.328. The van der Waals surface area contributed by atoms with Gasteiger partial charge in [-0.25, -0.2) is 4.39 Å². The minimum atomic E-state index is -0.328. The Balaban J connectivity index is 2.16. The Morgan fingerprint density at radius 2 is 1.86 bits per heavy atom. The first kappa shape index (κ1) is 22.9. The van der Waals surface area contributed by atoms with E-state index >= 15 is 0 Å². The molecule has 0 radical (unpaired) electrons. The number of thiocarbonyl (C=S) groups is 1. The summed E-state index contributed by atoms with van der Waals surface area (Å²) in [6, 6.07) is 12.4. The van der Waals surface area contributed by atoms with Crippen LogP contribution in [0.15, 0.2) is 42.5 Å². The third-order valence-electron chi connectivity index (χ3n) is 4.34. The fraction of sp³-hybridized carbons (Fsp3) is 0.409. The Bertz CT molecular complexity index is 801. The van der Waals surface area contributed by atoms with Crippen molar-refractivity contribution in [1.82, 2.24) is 9.80 Å². The average Bonchev–Trinajstić information content (AvgIpc) is 2.69. The van der Waals surface area contributed by atoms with Gasteiger partial charge in [0.25, 0.3) is 0 Å². The van der Waals surface area contributed by atoms with Gasteiger partial charge in [-0.15, -0.1) is 0 Å². The van der Waals surface area contributed by atoms with Crippen LogP contribution in [0.4, 0.5) is 10.1 Å². The van der Waals surface area contributed by atoms with Gasteiger partial charge in [-0.05, 0) is 76.0 Å². The zero-order valence-corrected chi connectivity index (χ0v) is 18.4. The Kier molecular flexibility index (Phi) is 9.15. The Hall–Kier alpha value is -2.38. The standard InChI is InChI=1S/C22H30FN3O2S/c1-5-28-20-12-11-17(15-21(20)27-4)16-26(14-8-13-25(2)3)22(29)24-19-10-7-6-9-18(19)23/h6-7,9-12,15H,5,8,13-14,16H2,1-4H3,(H,24,29). The van der Waals surface area contributed by atoms with Gasteiger partial charge in [0, 0.05) is 13.1 Å². The highest BCUT2D eigenvalue weighted by Gasteiger charge is 2.14. The van der Waals surface area contributed by atoms with E-state index in [0.717, 1.165) is 25.1 Å². The molecule has 0 aromatic heterocycles. The predicted octanol–water partition coefficient (Wildman–Crippen LogP) is 4.38. The van der Waals surface area contributed by atoms with E-state index in [-0.39, 0.29) is 5.82 Å². The van der Waals surface area contributed by atoms with E-state index in [0.29, 0.717) is 35.5 Å². The number of nitrogens with zero attached hydrogens (tertiary/aromatic N) is 2. The van der Waals surface area contributed by atoms with E-state index in [1.54, 1.807) is 25.3 Å². The van der Waals surface area contributed by atoms with Gasteiger partial charge < -0.3 is 24.6 Å². The van der Waals surface area contributed by atoms with E-state index in [1.165, 1.54) is 6.07 Å². The van der Waals surface area contributed by atoms with Gasteiger partial charge >= 0.3 is 0 Å². The van der Waals surface area contributed by atoms with Gasteiger partial charge in [0.1, 0.15) is 5.82 Å². The number of halogens is 1. The topological polar surface area (TPSA) is 37.0 Å². The molecule has 0 amide bonds. The van der Waals surface area contributed by atoms with Gasteiger partial charge in [0.2, 0.25) is 0 Å². The minimum Gasteiger partial charge on any atom is -0.493 e.